The number of carboxylic acid groups (broad SMARTS) is 1. The second-order valence-electron chi connectivity index (χ2n) is 3.68. The van der Waals surface area contributed by atoms with E-state index in [1.807, 2.05) is 18.2 Å². The number of nitrogens with one attached hydrogen (secondary N) is 1. The van der Waals surface area contributed by atoms with Crippen LogP contribution >= 0.6 is 15.9 Å². The Kier molecular flexibility index (Phi) is 3.66. The number of aromatic amines is 1. The summed E-state index contributed by atoms with van der Waals surface area (Å²) >= 11 is 3.41. The Morgan fingerprint density at radius 1 is 1.61 bits per heavy atom. The number of halogens is 1. The maximum absolute atomic E-state index is 10.8. The molecule has 0 fully saturated rings. The minimum absolute atomic E-state index is 0.317. The molecule has 2 aromatic rings. The summed E-state index contributed by atoms with van der Waals surface area (Å²) in [5.74, 6) is 0. The van der Waals surface area contributed by atoms with Crippen molar-refractivity contribution in [2.45, 2.75) is 6.92 Å². The van der Waals surface area contributed by atoms with Gasteiger partial charge in [-0.05, 0) is 25.1 Å². The van der Waals surface area contributed by atoms with E-state index in [0.29, 0.717) is 6.54 Å². The van der Waals surface area contributed by atoms with E-state index in [0.717, 1.165) is 25.9 Å². The smallest absolute Gasteiger partial charge is 0.427 e. The van der Waals surface area contributed by atoms with E-state index >= 15 is 0 Å². The molecule has 0 saturated carbocycles. The Morgan fingerprint density at radius 3 is 3.06 bits per heavy atom. The molecule has 0 radical (unpaired) electrons. The third-order valence-electron chi connectivity index (χ3n) is 2.53. The number of aromatic nitrogens is 1. The van der Waals surface area contributed by atoms with Gasteiger partial charge in [-0.3, -0.25) is 0 Å². The van der Waals surface area contributed by atoms with Gasteiger partial charge >= 0.3 is 6.09 Å². The van der Waals surface area contributed by atoms with Crippen molar-refractivity contribution in [1.29, 1.82) is 0 Å². The molecule has 0 saturated heterocycles. The SMILES string of the molecule is CCN(/N=C\c1c[nH]c2ccc(Br)cc12)C(=O)O. The Bertz CT molecular complexity index is 606. The second kappa shape index (κ2) is 5.22. The van der Waals surface area contributed by atoms with Crippen LogP contribution in [0.4, 0.5) is 4.79 Å². The van der Waals surface area contributed by atoms with Crippen LogP contribution in [0, 0.1) is 0 Å². The largest absolute Gasteiger partial charge is 0.464 e. The van der Waals surface area contributed by atoms with Gasteiger partial charge in [-0.2, -0.15) is 10.1 Å². The highest BCUT2D eigenvalue weighted by atomic mass is 79.9. The van der Waals surface area contributed by atoms with Crippen LogP contribution in [0.1, 0.15) is 12.5 Å². The van der Waals surface area contributed by atoms with Gasteiger partial charge in [0, 0.05) is 33.7 Å². The zero-order valence-electron chi connectivity index (χ0n) is 9.72. The van der Waals surface area contributed by atoms with Crippen LogP contribution < -0.4 is 0 Å². The van der Waals surface area contributed by atoms with E-state index in [1.54, 1.807) is 19.3 Å². The lowest BCUT2D eigenvalue weighted by atomic mass is 10.2. The van der Waals surface area contributed by atoms with Gasteiger partial charge in [0.2, 0.25) is 0 Å². The number of hydrogen-bond acceptors (Lipinski definition) is 2. The molecule has 18 heavy (non-hydrogen) atoms. The summed E-state index contributed by atoms with van der Waals surface area (Å²) in [6.07, 6.45) is 2.29. The van der Waals surface area contributed by atoms with Gasteiger partial charge < -0.3 is 10.1 Å². The minimum Gasteiger partial charge on any atom is -0.464 e. The highest BCUT2D eigenvalue weighted by Crippen LogP contribution is 2.21. The van der Waals surface area contributed by atoms with Crippen LogP contribution in [0.25, 0.3) is 10.9 Å². The molecule has 0 atom stereocenters. The van der Waals surface area contributed by atoms with Gasteiger partial charge in [-0.15, -0.1) is 0 Å². The summed E-state index contributed by atoms with van der Waals surface area (Å²) in [7, 11) is 0. The molecule has 1 amide bonds. The molecule has 0 aliphatic carbocycles. The standard InChI is InChI=1S/C12H12BrN3O2/c1-2-16(12(17)18)15-7-8-6-14-11-4-3-9(13)5-10(8)11/h3-7,14H,2H2,1H3,(H,17,18)/b15-7-. The van der Waals surface area contributed by atoms with Gasteiger partial charge in [0.15, 0.2) is 0 Å². The van der Waals surface area contributed by atoms with Crippen LogP contribution in [0.5, 0.6) is 0 Å². The first-order chi connectivity index (χ1) is 8.61. The van der Waals surface area contributed by atoms with E-state index < -0.39 is 6.09 Å². The van der Waals surface area contributed by atoms with E-state index in [2.05, 4.69) is 26.0 Å². The molecular weight excluding hydrogens is 298 g/mol. The lowest BCUT2D eigenvalue weighted by Gasteiger charge is -2.08. The first-order valence-corrected chi connectivity index (χ1v) is 6.22. The highest BCUT2D eigenvalue weighted by molar-refractivity contribution is 9.10. The van der Waals surface area contributed by atoms with Crippen LogP contribution in [-0.4, -0.2) is 34.0 Å². The van der Waals surface area contributed by atoms with Crippen molar-refractivity contribution in [1.82, 2.24) is 9.99 Å². The summed E-state index contributed by atoms with van der Waals surface area (Å²) in [4.78, 5) is 13.9. The fourth-order valence-corrected chi connectivity index (χ4v) is 1.98. The third kappa shape index (κ3) is 2.53. The summed E-state index contributed by atoms with van der Waals surface area (Å²) in [6, 6.07) is 5.85. The first kappa shape index (κ1) is 12.6. The maximum atomic E-state index is 10.8. The van der Waals surface area contributed by atoms with E-state index in [-0.39, 0.29) is 0 Å². The van der Waals surface area contributed by atoms with Gasteiger partial charge in [-0.1, -0.05) is 15.9 Å². The topological polar surface area (TPSA) is 68.7 Å². The molecule has 1 aromatic carbocycles. The lowest BCUT2D eigenvalue weighted by molar-refractivity contribution is 0.150. The van der Waals surface area contributed by atoms with Crippen molar-refractivity contribution in [3.05, 3.63) is 34.4 Å². The molecule has 0 bridgehead atoms. The zero-order valence-corrected chi connectivity index (χ0v) is 11.3. The van der Waals surface area contributed by atoms with Gasteiger partial charge in [0.05, 0.1) is 6.21 Å². The minimum atomic E-state index is -1.06. The van der Waals surface area contributed by atoms with Gasteiger partial charge in [-0.25, -0.2) is 4.79 Å². The summed E-state index contributed by atoms with van der Waals surface area (Å²) < 4.78 is 0.967. The molecule has 0 spiro atoms. The molecular formula is C12H12BrN3O2. The Balaban J connectivity index is 2.34. The molecule has 5 nitrogen and oxygen atoms in total. The summed E-state index contributed by atoms with van der Waals surface area (Å²) in [5.41, 5.74) is 1.84. The number of rotatable bonds is 3. The van der Waals surface area contributed by atoms with E-state index in [9.17, 15) is 4.79 Å². The fourth-order valence-electron chi connectivity index (χ4n) is 1.62. The van der Waals surface area contributed by atoms with Gasteiger partial charge in [0.1, 0.15) is 0 Å². The number of amides is 1. The predicted molar refractivity (Wildman–Crippen MR) is 74.0 cm³/mol. The van der Waals surface area contributed by atoms with Gasteiger partial charge in [0.25, 0.3) is 0 Å². The van der Waals surface area contributed by atoms with Crippen LogP contribution in [0.3, 0.4) is 0 Å². The van der Waals surface area contributed by atoms with Crippen molar-refractivity contribution in [2.75, 3.05) is 6.54 Å². The molecule has 2 N–H and O–H groups in total. The molecule has 0 aliphatic heterocycles. The molecule has 6 heteroatoms. The van der Waals surface area contributed by atoms with Crippen LogP contribution in [-0.2, 0) is 0 Å². The average Bonchev–Trinajstić information content (AvgIpc) is 2.72. The van der Waals surface area contributed by atoms with Crippen molar-refractivity contribution < 1.29 is 9.90 Å². The number of hydrogen-bond donors (Lipinski definition) is 2. The van der Waals surface area contributed by atoms with Crippen molar-refractivity contribution in [3.8, 4) is 0 Å². The Morgan fingerprint density at radius 2 is 2.39 bits per heavy atom. The Hall–Kier alpha value is -1.82. The third-order valence-corrected chi connectivity index (χ3v) is 3.03. The van der Waals surface area contributed by atoms with E-state index in [4.69, 9.17) is 5.11 Å². The number of fused-ring (bicyclic) bond motifs is 1. The maximum Gasteiger partial charge on any atom is 0.427 e. The molecule has 1 aromatic heterocycles. The van der Waals surface area contributed by atoms with Crippen molar-refractivity contribution in [2.24, 2.45) is 5.10 Å². The number of H-pyrrole nitrogens is 1. The van der Waals surface area contributed by atoms with Crippen LogP contribution in [0.2, 0.25) is 0 Å². The Labute approximate surface area is 112 Å². The number of hydrazone groups is 1. The summed E-state index contributed by atoms with van der Waals surface area (Å²) in [6.45, 7) is 2.05. The zero-order chi connectivity index (χ0) is 13.1. The van der Waals surface area contributed by atoms with Crippen molar-refractivity contribution in [3.63, 3.8) is 0 Å². The molecule has 0 aliphatic rings. The normalized spacial score (nSPS) is 11.2. The number of benzene rings is 1. The fraction of sp³-hybridized carbons (Fsp3) is 0.167. The lowest BCUT2D eigenvalue weighted by Crippen LogP contribution is -2.23. The first-order valence-electron chi connectivity index (χ1n) is 5.43. The van der Waals surface area contributed by atoms with Crippen molar-refractivity contribution >= 4 is 39.1 Å². The molecule has 1 heterocycles. The monoisotopic (exact) mass is 309 g/mol. The summed E-state index contributed by atoms with van der Waals surface area (Å²) in [5, 5.41) is 14.8. The average molecular weight is 310 g/mol. The number of nitrogens with zero attached hydrogens (tertiary/aromatic N) is 2. The van der Waals surface area contributed by atoms with E-state index in [1.165, 1.54) is 0 Å². The quantitative estimate of drug-likeness (QED) is 0.675. The predicted octanol–water partition coefficient (Wildman–Crippen LogP) is 3.26. The molecule has 0 unspecified atom stereocenters. The molecule has 2 rings (SSSR count). The van der Waals surface area contributed by atoms with Crippen LogP contribution in [0.15, 0.2) is 34.0 Å². The highest BCUT2D eigenvalue weighted by Gasteiger charge is 2.07. The molecule has 94 valence electrons. The number of carbonyl (C=O) groups is 1. The second-order valence-corrected chi connectivity index (χ2v) is 4.59.